The molecular weight excluding hydrogens is 278 g/mol. The quantitative estimate of drug-likeness (QED) is 0.616. The second-order valence-corrected chi connectivity index (χ2v) is 4.14. The molecule has 0 spiro atoms. The highest BCUT2D eigenvalue weighted by molar-refractivity contribution is 6.07. The minimum Gasteiger partial charge on any atom is -0.369 e. The topological polar surface area (TPSA) is 123 Å². The summed E-state index contributed by atoms with van der Waals surface area (Å²) in [6.07, 6.45) is 4.50. The molecule has 9 nitrogen and oxygen atoms in total. The van der Waals surface area contributed by atoms with Gasteiger partial charge in [0.25, 0.3) is 11.6 Å². The SMILES string of the molecule is CCCNc1ncc([N+](=O)[O-])cc1C(=O)Nc1cnoc1. The third-order valence-corrected chi connectivity index (χ3v) is 2.56. The normalized spacial score (nSPS) is 10.1. The minimum absolute atomic E-state index is 0.0823. The van der Waals surface area contributed by atoms with Gasteiger partial charge >= 0.3 is 0 Å². The Bertz CT molecular complexity index is 641. The summed E-state index contributed by atoms with van der Waals surface area (Å²) >= 11 is 0. The number of rotatable bonds is 6. The van der Waals surface area contributed by atoms with Gasteiger partial charge in [0.1, 0.15) is 24.0 Å². The Kier molecular flexibility index (Phi) is 4.44. The number of carbonyl (C=O) groups excluding carboxylic acids is 1. The van der Waals surface area contributed by atoms with Gasteiger partial charge in [-0.15, -0.1) is 0 Å². The van der Waals surface area contributed by atoms with Crippen molar-refractivity contribution in [2.24, 2.45) is 0 Å². The van der Waals surface area contributed by atoms with Crippen molar-refractivity contribution in [3.8, 4) is 0 Å². The molecule has 2 N–H and O–H groups in total. The van der Waals surface area contributed by atoms with Gasteiger partial charge in [-0.2, -0.15) is 0 Å². The maximum Gasteiger partial charge on any atom is 0.288 e. The number of hydrogen-bond acceptors (Lipinski definition) is 7. The van der Waals surface area contributed by atoms with Crippen molar-refractivity contribution < 1.29 is 14.2 Å². The summed E-state index contributed by atoms with van der Waals surface area (Å²) in [5.41, 5.74) is 0.180. The predicted molar refractivity (Wildman–Crippen MR) is 74.1 cm³/mol. The molecule has 0 radical (unpaired) electrons. The van der Waals surface area contributed by atoms with E-state index in [0.29, 0.717) is 12.2 Å². The van der Waals surface area contributed by atoms with Gasteiger partial charge in [0.05, 0.1) is 16.7 Å². The molecule has 0 aromatic carbocycles. The van der Waals surface area contributed by atoms with E-state index in [1.807, 2.05) is 6.92 Å². The highest BCUT2D eigenvalue weighted by atomic mass is 16.6. The van der Waals surface area contributed by atoms with Crippen LogP contribution in [0.25, 0.3) is 0 Å². The molecule has 2 heterocycles. The van der Waals surface area contributed by atoms with E-state index in [2.05, 4.69) is 25.3 Å². The zero-order valence-electron chi connectivity index (χ0n) is 11.2. The first-order valence-electron chi connectivity index (χ1n) is 6.21. The van der Waals surface area contributed by atoms with Gasteiger partial charge in [0, 0.05) is 12.6 Å². The molecule has 0 saturated carbocycles. The summed E-state index contributed by atoms with van der Waals surface area (Å²) in [6.45, 7) is 2.55. The van der Waals surface area contributed by atoms with Gasteiger partial charge in [0.15, 0.2) is 0 Å². The molecule has 0 bridgehead atoms. The van der Waals surface area contributed by atoms with Crippen LogP contribution in [0, 0.1) is 10.1 Å². The van der Waals surface area contributed by atoms with E-state index in [4.69, 9.17) is 0 Å². The number of nitrogens with one attached hydrogen (secondary N) is 2. The number of hydrogen-bond donors (Lipinski definition) is 2. The molecular formula is C12H13N5O4. The molecule has 0 aliphatic carbocycles. The van der Waals surface area contributed by atoms with E-state index < -0.39 is 10.8 Å². The molecule has 0 unspecified atom stereocenters. The lowest BCUT2D eigenvalue weighted by Crippen LogP contribution is -2.16. The average Bonchev–Trinajstić information content (AvgIpc) is 2.97. The number of nitrogens with zero attached hydrogens (tertiary/aromatic N) is 3. The van der Waals surface area contributed by atoms with Crippen molar-refractivity contribution in [1.29, 1.82) is 0 Å². The summed E-state index contributed by atoms with van der Waals surface area (Å²) in [5, 5.41) is 19.7. The van der Waals surface area contributed by atoms with E-state index in [1.165, 1.54) is 18.5 Å². The van der Waals surface area contributed by atoms with Gasteiger partial charge < -0.3 is 15.2 Å². The van der Waals surface area contributed by atoms with Crippen LogP contribution >= 0.6 is 0 Å². The number of carbonyl (C=O) groups is 1. The van der Waals surface area contributed by atoms with Gasteiger partial charge in [-0.25, -0.2) is 4.98 Å². The van der Waals surface area contributed by atoms with Gasteiger partial charge in [-0.1, -0.05) is 12.1 Å². The van der Waals surface area contributed by atoms with Crippen molar-refractivity contribution in [2.45, 2.75) is 13.3 Å². The highest BCUT2D eigenvalue weighted by Gasteiger charge is 2.18. The molecule has 1 amide bonds. The number of pyridine rings is 1. The zero-order chi connectivity index (χ0) is 15.2. The monoisotopic (exact) mass is 291 g/mol. The highest BCUT2D eigenvalue weighted by Crippen LogP contribution is 2.20. The summed E-state index contributed by atoms with van der Waals surface area (Å²) in [6, 6.07) is 1.17. The van der Waals surface area contributed by atoms with Gasteiger partial charge in [-0.05, 0) is 6.42 Å². The molecule has 0 aliphatic heterocycles. The fraction of sp³-hybridized carbons (Fsp3) is 0.250. The molecule has 0 fully saturated rings. The predicted octanol–water partition coefficient (Wildman–Crippen LogP) is 2.05. The van der Waals surface area contributed by atoms with Crippen molar-refractivity contribution in [1.82, 2.24) is 10.1 Å². The summed E-state index contributed by atoms with van der Waals surface area (Å²) < 4.78 is 4.60. The van der Waals surface area contributed by atoms with E-state index in [1.54, 1.807) is 0 Å². The van der Waals surface area contributed by atoms with Crippen LogP contribution in [0.3, 0.4) is 0 Å². The Morgan fingerprint density at radius 2 is 2.29 bits per heavy atom. The van der Waals surface area contributed by atoms with E-state index in [0.717, 1.165) is 12.6 Å². The maximum atomic E-state index is 12.2. The van der Waals surface area contributed by atoms with Crippen LogP contribution in [-0.4, -0.2) is 27.5 Å². The van der Waals surface area contributed by atoms with Crippen molar-refractivity contribution >= 4 is 23.1 Å². The van der Waals surface area contributed by atoms with Crippen molar-refractivity contribution in [3.63, 3.8) is 0 Å². The Balaban J connectivity index is 2.30. The van der Waals surface area contributed by atoms with Crippen LogP contribution < -0.4 is 10.6 Å². The fourth-order valence-corrected chi connectivity index (χ4v) is 1.58. The largest absolute Gasteiger partial charge is 0.369 e. The van der Waals surface area contributed by atoms with Crippen molar-refractivity contribution in [2.75, 3.05) is 17.2 Å². The Morgan fingerprint density at radius 3 is 2.90 bits per heavy atom. The lowest BCUT2D eigenvalue weighted by atomic mass is 10.2. The molecule has 110 valence electrons. The van der Waals surface area contributed by atoms with Gasteiger partial charge in [-0.3, -0.25) is 14.9 Å². The van der Waals surface area contributed by atoms with Crippen LogP contribution in [0.15, 0.2) is 29.2 Å². The lowest BCUT2D eigenvalue weighted by Gasteiger charge is -2.09. The van der Waals surface area contributed by atoms with Crippen LogP contribution in [0.1, 0.15) is 23.7 Å². The van der Waals surface area contributed by atoms with E-state index in [-0.39, 0.29) is 17.1 Å². The van der Waals surface area contributed by atoms with Crippen LogP contribution in [0.5, 0.6) is 0 Å². The first kappa shape index (κ1) is 14.4. The Hall–Kier alpha value is -2.97. The molecule has 9 heteroatoms. The van der Waals surface area contributed by atoms with Crippen molar-refractivity contribution in [3.05, 3.63) is 40.4 Å². The standard InChI is InChI=1S/C12H13N5O4/c1-2-3-13-11-10(4-9(6-14-11)17(19)20)12(18)16-8-5-15-21-7-8/h4-7H,2-3H2,1H3,(H,13,14)(H,16,18). The zero-order valence-corrected chi connectivity index (χ0v) is 11.2. The fourth-order valence-electron chi connectivity index (χ4n) is 1.58. The van der Waals surface area contributed by atoms with E-state index >= 15 is 0 Å². The first-order chi connectivity index (χ1) is 10.1. The smallest absolute Gasteiger partial charge is 0.288 e. The van der Waals surface area contributed by atoms with Crippen LogP contribution in [0.2, 0.25) is 0 Å². The average molecular weight is 291 g/mol. The number of aromatic nitrogens is 2. The van der Waals surface area contributed by atoms with E-state index in [9.17, 15) is 14.9 Å². The minimum atomic E-state index is -0.604. The summed E-state index contributed by atoms with van der Waals surface area (Å²) in [5.74, 6) is -0.246. The molecule has 2 rings (SSSR count). The molecule has 0 saturated heterocycles. The maximum absolute atomic E-state index is 12.2. The number of amides is 1. The number of nitro groups is 1. The molecule has 2 aromatic rings. The number of anilines is 2. The molecule has 0 atom stereocenters. The van der Waals surface area contributed by atoms with Crippen LogP contribution in [-0.2, 0) is 0 Å². The second-order valence-electron chi connectivity index (χ2n) is 4.14. The Morgan fingerprint density at radius 1 is 1.48 bits per heavy atom. The summed E-state index contributed by atoms with van der Waals surface area (Å²) in [4.78, 5) is 26.3. The van der Waals surface area contributed by atoms with Gasteiger partial charge in [0.2, 0.25) is 0 Å². The lowest BCUT2D eigenvalue weighted by molar-refractivity contribution is -0.385. The molecule has 2 aromatic heterocycles. The molecule has 0 aliphatic rings. The van der Waals surface area contributed by atoms with Crippen LogP contribution in [0.4, 0.5) is 17.2 Å². The molecule has 21 heavy (non-hydrogen) atoms. The third kappa shape index (κ3) is 3.53. The first-order valence-corrected chi connectivity index (χ1v) is 6.21. The second kappa shape index (κ2) is 6.46. The third-order valence-electron chi connectivity index (χ3n) is 2.56. The summed E-state index contributed by atoms with van der Waals surface area (Å²) in [7, 11) is 0. The Labute approximate surface area is 119 Å².